The highest BCUT2D eigenvalue weighted by molar-refractivity contribution is 5.76. The first-order valence-electron chi connectivity index (χ1n) is 11.7. The topological polar surface area (TPSA) is 61.8 Å². The second-order valence-electron chi connectivity index (χ2n) is 9.33. The Hall–Kier alpha value is -1.52. The maximum absolute atomic E-state index is 11.9. The van der Waals surface area contributed by atoms with Crippen LogP contribution in [0.5, 0.6) is 0 Å². The highest BCUT2D eigenvalue weighted by atomic mass is 16.5. The van der Waals surface area contributed by atoms with E-state index in [0.29, 0.717) is 13.2 Å². The normalized spacial score (nSPS) is 12.0. The molecule has 0 unspecified atom stereocenters. The summed E-state index contributed by atoms with van der Waals surface area (Å²) in [5.41, 5.74) is -0.825. The second kappa shape index (κ2) is 15.3. The number of carbonyl (C=O) groups is 2. The number of ether oxygens (including phenoxy) is 3. The van der Waals surface area contributed by atoms with Crippen molar-refractivity contribution in [3.8, 4) is 0 Å². The monoisotopic (exact) mass is 426 g/mol. The highest BCUT2D eigenvalue weighted by Crippen LogP contribution is 2.27. The minimum Gasteiger partial charge on any atom is -0.499 e. The third-order valence-electron chi connectivity index (χ3n) is 5.60. The van der Waals surface area contributed by atoms with Gasteiger partial charge in [-0.05, 0) is 80.1 Å². The minimum absolute atomic E-state index is 0.107. The molecule has 0 spiro atoms. The summed E-state index contributed by atoms with van der Waals surface area (Å²) in [6.07, 6.45) is 11.7. The molecule has 0 aliphatic rings. The van der Waals surface area contributed by atoms with E-state index in [9.17, 15) is 9.59 Å². The van der Waals surface area contributed by atoms with E-state index in [1.807, 2.05) is 41.5 Å². The summed E-state index contributed by atoms with van der Waals surface area (Å²) in [5, 5.41) is 0. The number of hydrogen-bond donors (Lipinski definition) is 0. The van der Waals surface area contributed by atoms with Crippen molar-refractivity contribution in [2.75, 3.05) is 13.2 Å². The summed E-state index contributed by atoms with van der Waals surface area (Å²) >= 11 is 0. The molecule has 0 aromatic heterocycles. The van der Waals surface area contributed by atoms with Gasteiger partial charge in [0.05, 0.1) is 36.4 Å². The Balaban J connectivity index is 4.07. The molecular weight excluding hydrogens is 380 g/mol. The zero-order chi connectivity index (χ0) is 23.0. The van der Waals surface area contributed by atoms with Crippen molar-refractivity contribution in [1.29, 1.82) is 0 Å². The van der Waals surface area contributed by atoms with Crippen molar-refractivity contribution < 1.29 is 23.8 Å². The molecule has 0 heterocycles. The molecule has 0 aromatic rings. The molecule has 0 atom stereocenters. The van der Waals surface area contributed by atoms with Crippen LogP contribution in [0.25, 0.3) is 0 Å². The number of hydrogen-bond acceptors (Lipinski definition) is 5. The van der Waals surface area contributed by atoms with E-state index >= 15 is 0 Å². The van der Waals surface area contributed by atoms with Crippen molar-refractivity contribution in [2.24, 2.45) is 10.8 Å². The predicted molar refractivity (Wildman–Crippen MR) is 122 cm³/mol. The third kappa shape index (κ3) is 12.2. The van der Waals surface area contributed by atoms with E-state index < -0.39 is 10.8 Å². The fourth-order valence-corrected chi connectivity index (χ4v) is 3.51. The maximum Gasteiger partial charge on any atom is 0.311 e. The molecule has 0 aliphatic heterocycles. The van der Waals surface area contributed by atoms with E-state index in [2.05, 4.69) is 6.58 Å². The smallest absolute Gasteiger partial charge is 0.311 e. The van der Waals surface area contributed by atoms with Crippen molar-refractivity contribution in [3.05, 3.63) is 12.8 Å². The molecule has 0 radical (unpaired) electrons. The van der Waals surface area contributed by atoms with Gasteiger partial charge in [-0.3, -0.25) is 9.59 Å². The van der Waals surface area contributed by atoms with Crippen molar-refractivity contribution in [3.63, 3.8) is 0 Å². The molecule has 0 aromatic carbocycles. The Kier molecular flexibility index (Phi) is 14.5. The fourth-order valence-electron chi connectivity index (χ4n) is 3.51. The van der Waals surface area contributed by atoms with E-state index in [1.54, 1.807) is 6.26 Å². The molecule has 0 amide bonds. The van der Waals surface area contributed by atoms with Crippen molar-refractivity contribution in [1.82, 2.24) is 0 Å². The van der Waals surface area contributed by atoms with Gasteiger partial charge in [0.2, 0.25) is 0 Å². The van der Waals surface area contributed by atoms with Crippen LogP contribution in [0.4, 0.5) is 0 Å². The summed E-state index contributed by atoms with van der Waals surface area (Å²) in [7, 11) is 0. The fraction of sp³-hybridized carbons (Fsp3) is 0.840. The summed E-state index contributed by atoms with van der Waals surface area (Å²) in [4.78, 5) is 23.9. The van der Waals surface area contributed by atoms with Crippen LogP contribution in [0.2, 0.25) is 0 Å². The molecule has 0 N–H and O–H groups in total. The van der Waals surface area contributed by atoms with Gasteiger partial charge in [0.25, 0.3) is 0 Å². The van der Waals surface area contributed by atoms with Gasteiger partial charge in [0.1, 0.15) is 0 Å². The Morgan fingerprint density at radius 2 is 1.17 bits per heavy atom. The number of esters is 2. The van der Waals surface area contributed by atoms with Gasteiger partial charge in [-0.1, -0.05) is 32.3 Å². The molecule has 0 fully saturated rings. The standard InChI is InChI=1S/C25H46O5/c1-8-28-21(17-13-11-15-19-24(4,5)22(26)29-9-2)18-14-12-16-20-25(6,7)23(27)30-10-3/h8,21H,1,9-20H2,2-7H3. The SMILES string of the molecule is C=COC(CCCCCC(C)(C)C(=O)OCC)CCCCCC(C)(C)C(=O)OCC. The largest absolute Gasteiger partial charge is 0.499 e. The first-order chi connectivity index (χ1) is 14.1. The van der Waals surface area contributed by atoms with Crippen LogP contribution >= 0.6 is 0 Å². The number of unbranched alkanes of at least 4 members (excludes halogenated alkanes) is 4. The Morgan fingerprint density at radius 3 is 1.50 bits per heavy atom. The molecule has 0 aliphatic carbocycles. The summed E-state index contributed by atoms with van der Waals surface area (Å²) < 4.78 is 16.0. The van der Waals surface area contributed by atoms with Gasteiger partial charge in [0, 0.05) is 0 Å². The molecule has 0 bridgehead atoms. The van der Waals surface area contributed by atoms with Crippen LogP contribution in [0.1, 0.15) is 106 Å². The van der Waals surface area contributed by atoms with Crippen LogP contribution in [0.15, 0.2) is 12.8 Å². The van der Waals surface area contributed by atoms with E-state index in [0.717, 1.165) is 64.2 Å². The molecule has 0 rings (SSSR count). The van der Waals surface area contributed by atoms with Crippen LogP contribution in [0.3, 0.4) is 0 Å². The molecular formula is C25H46O5. The Morgan fingerprint density at radius 1 is 0.767 bits per heavy atom. The molecule has 5 heteroatoms. The first-order valence-corrected chi connectivity index (χ1v) is 11.7. The number of rotatable bonds is 18. The lowest BCUT2D eigenvalue weighted by atomic mass is 9.86. The Bertz CT molecular complexity index is 456. The summed E-state index contributed by atoms with van der Waals surface area (Å²) in [5.74, 6) is -0.215. The van der Waals surface area contributed by atoms with E-state index in [1.165, 1.54) is 0 Å². The predicted octanol–water partition coefficient (Wildman–Crippen LogP) is 6.59. The van der Waals surface area contributed by atoms with Crippen LogP contribution in [0, 0.1) is 10.8 Å². The Labute approximate surface area is 184 Å². The van der Waals surface area contributed by atoms with Gasteiger partial charge >= 0.3 is 11.9 Å². The van der Waals surface area contributed by atoms with Gasteiger partial charge < -0.3 is 14.2 Å². The van der Waals surface area contributed by atoms with Crippen LogP contribution in [-0.2, 0) is 23.8 Å². The van der Waals surface area contributed by atoms with Crippen molar-refractivity contribution in [2.45, 2.75) is 112 Å². The summed E-state index contributed by atoms with van der Waals surface area (Å²) in [6, 6.07) is 0. The second-order valence-corrected chi connectivity index (χ2v) is 9.33. The molecule has 0 saturated heterocycles. The minimum atomic E-state index is -0.412. The van der Waals surface area contributed by atoms with E-state index in [4.69, 9.17) is 14.2 Å². The zero-order valence-electron chi connectivity index (χ0n) is 20.4. The third-order valence-corrected chi connectivity index (χ3v) is 5.60. The van der Waals surface area contributed by atoms with Crippen LogP contribution < -0.4 is 0 Å². The first kappa shape index (κ1) is 28.5. The lowest BCUT2D eigenvalue weighted by Crippen LogP contribution is -2.26. The molecule has 5 nitrogen and oxygen atoms in total. The van der Waals surface area contributed by atoms with E-state index in [-0.39, 0.29) is 18.0 Å². The average Bonchev–Trinajstić information content (AvgIpc) is 2.67. The molecule has 0 saturated carbocycles. The maximum atomic E-state index is 11.9. The van der Waals surface area contributed by atoms with Gasteiger partial charge in [-0.15, -0.1) is 0 Å². The lowest BCUT2D eigenvalue weighted by Gasteiger charge is -2.22. The highest BCUT2D eigenvalue weighted by Gasteiger charge is 2.29. The van der Waals surface area contributed by atoms with Crippen molar-refractivity contribution >= 4 is 11.9 Å². The molecule has 30 heavy (non-hydrogen) atoms. The number of carbonyl (C=O) groups excluding carboxylic acids is 2. The zero-order valence-corrected chi connectivity index (χ0v) is 20.4. The van der Waals surface area contributed by atoms with Gasteiger partial charge in [-0.2, -0.15) is 0 Å². The van der Waals surface area contributed by atoms with Crippen LogP contribution in [-0.4, -0.2) is 31.3 Å². The lowest BCUT2D eigenvalue weighted by molar-refractivity contribution is -0.154. The average molecular weight is 427 g/mol. The summed E-state index contributed by atoms with van der Waals surface area (Å²) in [6.45, 7) is 16.1. The van der Waals surface area contributed by atoms with Gasteiger partial charge in [0.15, 0.2) is 0 Å². The molecule has 176 valence electrons. The quantitative estimate of drug-likeness (QED) is 0.140. The van der Waals surface area contributed by atoms with Gasteiger partial charge in [-0.25, -0.2) is 0 Å².